The summed E-state index contributed by atoms with van der Waals surface area (Å²) in [5.41, 5.74) is 0.683. The average Bonchev–Trinajstić information content (AvgIpc) is 2.93. The highest BCUT2D eigenvalue weighted by Gasteiger charge is 2.37. The third-order valence-electron chi connectivity index (χ3n) is 4.21. The number of halogens is 2. The molecule has 7 nitrogen and oxygen atoms in total. The lowest BCUT2D eigenvalue weighted by molar-refractivity contribution is -0.145. The van der Waals surface area contributed by atoms with Crippen molar-refractivity contribution >= 4 is 46.9 Å². The van der Waals surface area contributed by atoms with Crippen LogP contribution in [0.15, 0.2) is 42.5 Å². The summed E-state index contributed by atoms with van der Waals surface area (Å²) in [5.74, 6) is -2.67. The molecular weight excluding hydrogens is 407 g/mol. The van der Waals surface area contributed by atoms with Crippen molar-refractivity contribution in [3.05, 3.63) is 69.2 Å². The third kappa shape index (κ3) is 3.58. The number of fused-ring (bicyclic) bond motifs is 1. The Balaban J connectivity index is 1.80. The smallest absolute Gasteiger partial charge is 0.333 e. The van der Waals surface area contributed by atoms with E-state index in [0.717, 1.165) is 12.0 Å². The van der Waals surface area contributed by atoms with Crippen LogP contribution in [0.5, 0.6) is 0 Å². The molecule has 3 amide bonds. The molecule has 3 rings (SSSR count). The number of nitrogens with zero attached hydrogens (tertiary/aromatic N) is 1. The monoisotopic (exact) mass is 420 g/mol. The fraction of sp³-hybridized carbons (Fsp3) is 0.158. The van der Waals surface area contributed by atoms with Gasteiger partial charge in [-0.25, -0.2) is 4.79 Å². The van der Waals surface area contributed by atoms with E-state index in [4.69, 9.17) is 27.9 Å². The van der Waals surface area contributed by atoms with Gasteiger partial charge in [-0.15, -0.1) is 0 Å². The summed E-state index contributed by atoms with van der Waals surface area (Å²) in [5, 5.41) is 2.72. The Kier molecular flexibility index (Phi) is 5.67. The van der Waals surface area contributed by atoms with E-state index in [9.17, 15) is 19.2 Å². The second-order valence-electron chi connectivity index (χ2n) is 5.91. The van der Waals surface area contributed by atoms with Crippen molar-refractivity contribution in [1.29, 1.82) is 0 Å². The predicted octanol–water partition coefficient (Wildman–Crippen LogP) is 2.62. The van der Waals surface area contributed by atoms with Crippen LogP contribution in [-0.2, 0) is 14.3 Å². The molecule has 0 saturated heterocycles. The van der Waals surface area contributed by atoms with Crippen molar-refractivity contribution in [2.45, 2.75) is 6.04 Å². The highest BCUT2D eigenvalue weighted by Crippen LogP contribution is 2.30. The minimum atomic E-state index is -1.25. The molecule has 0 spiro atoms. The van der Waals surface area contributed by atoms with Crippen LogP contribution in [-0.4, -0.2) is 42.2 Å². The third-order valence-corrected chi connectivity index (χ3v) is 5.05. The van der Waals surface area contributed by atoms with E-state index in [1.807, 2.05) is 0 Å². The predicted molar refractivity (Wildman–Crippen MR) is 101 cm³/mol. The van der Waals surface area contributed by atoms with E-state index in [0.29, 0.717) is 0 Å². The molecule has 28 heavy (non-hydrogen) atoms. The number of nitrogens with one attached hydrogen (secondary N) is 1. The highest BCUT2D eigenvalue weighted by atomic mass is 35.5. The SMILES string of the molecule is COC(=O)C(NC(=O)CN1C(=O)c2ccccc2C1=O)c1cccc(Cl)c1Cl. The zero-order chi connectivity index (χ0) is 20.4. The molecule has 0 aliphatic carbocycles. The van der Waals surface area contributed by atoms with E-state index in [2.05, 4.69) is 5.32 Å². The standard InChI is InChI=1S/C19H14Cl2N2O5/c1-28-19(27)16(12-7-4-8-13(20)15(12)21)22-14(24)9-23-17(25)10-5-2-3-6-11(10)18(23)26/h2-8,16H,9H2,1H3,(H,22,24). The van der Waals surface area contributed by atoms with Crippen LogP contribution in [0.1, 0.15) is 32.3 Å². The zero-order valence-electron chi connectivity index (χ0n) is 14.6. The second kappa shape index (κ2) is 8.00. The number of carbonyl (C=O) groups excluding carboxylic acids is 4. The molecule has 0 aromatic heterocycles. The molecule has 144 valence electrons. The van der Waals surface area contributed by atoms with Gasteiger partial charge in [0.2, 0.25) is 5.91 Å². The van der Waals surface area contributed by atoms with Gasteiger partial charge in [0.25, 0.3) is 11.8 Å². The Morgan fingerprint density at radius 3 is 2.21 bits per heavy atom. The lowest BCUT2D eigenvalue weighted by Crippen LogP contribution is -2.43. The Labute approximate surface area is 170 Å². The van der Waals surface area contributed by atoms with Crippen molar-refractivity contribution in [3.63, 3.8) is 0 Å². The van der Waals surface area contributed by atoms with E-state index >= 15 is 0 Å². The van der Waals surface area contributed by atoms with Crippen LogP contribution in [0, 0.1) is 0 Å². The van der Waals surface area contributed by atoms with Crippen LogP contribution in [0.3, 0.4) is 0 Å². The van der Waals surface area contributed by atoms with Crippen molar-refractivity contribution in [3.8, 4) is 0 Å². The quantitative estimate of drug-likeness (QED) is 0.592. The summed E-state index contributed by atoms with van der Waals surface area (Å²) in [6.07, 6.45) is 0. The lowest BCUT2D eigenvalue weighted by atomic mass is 10.1. The maximum absolute atomic E-state index is 12.5. The fourth-order valence-electron chi connectivity index (χ4n) is 2.86. The molecule has 2 aromatic rings. The first kappa shape index (κ1) is 19.9. The number of amides is 3. The van der Waals surface area contributed by atoms with Crippen molar-refractivity contribution in [1.82, 2.24) is 10.2 Å². The fourth-order valence-corrected chi connectivity index (χ4v) is 3.27. The van der Waals surface area contributed by atoms with Gasteiger partial charge in [0, 0.05) is 5.56 Å². The lowest BCUT2D eigenvalue weighted by Gasteiger charge is -2.20. The van der Waals surface area contributed by atoms with Crippen LogP contribution < -0.4 is 5.32 Å². The molecule has 1 atom stereocenters. The van der Waals surface area contributed by atoms with E-state index in [1.165, 1.54) is 24.3 Å². The largest absolute Gasteiger partial charge is 0.467 e. The molecule has 0 saturated carbocycles. The molecule has 0 fully saturated rings. The molecule has 1 heterocycles. The summed E-state index contributed by atoms with van der Waals surface area (Å²) in [6.45, 7) is -0.558. The molecule has 0 radical (unpaired) electrons. The number of hydrogen-bond acceptors (Lipinski definition) is 5. The average molecular weight is 421 g/mol. The summed E-state index contributed by atoms with van der Waals surface area (Å²) in [7, 11) is 1.16. The summed E-state index contributed by atoms with van der Waals surface area (Å²) >= 11 is 12.1. The highest BCUT2D eigenvalue weighted by molar-refractivity contribution is 6.42. The van der Waals surface area contributed by atoms with Crippen LogP contribution in [0.25, 0.3) is 0 Å². The number of benzene rings is 2. The minimum Gasteiger partial charge on any atom is -0.467 e. The van der Waals surface area contributed by atoms with Gasteiger partial charge < -0.3 is 10.1 Å². The Hall–Kier alpha value is -2.90. The first-order chi connectivity index (χ1) is 13.3. The number of hydrogen-bond donors (Lipinski definition) is 1. The Morgan fingerprint density at radius 1 is 1.04 bits per heavy atom. The Morgan fingerprint density at radius 2 is 1.64 bits per heavy atom. The number of rotatable bonds is 5. The summed E-state index contributed by atoms with van der Waals surface area (Å²) in [6, 6.07) is 9.63. The zero-order valence-corrected chi connectivity index (χ0v) is 16.1. The first-order valence-corrected chi connectivity index (χ1v) is 8.87. The molecule has 9 heteroatoms. The molecule has 1 unspecified atom stereocenters. The van der Waals surface area contributed by atoms with Gasteiger partial charge in [-0.3, -0.25) is 19.3 Å². The van der Waals surface area contributed by atoms with Gasteiger partial charge in [0.1, 0.15) is 6.54 Å². The molecular formula is C19H14Cl2N2O5. The second-order valence-corrected chi connectivity index (χ2v) is 6.69. The number of ether oxygens (including phenoxy) is 1. The molecule has 2 aromatic carbocycles. The molecule has 1 aliphatic heterocycles. The number of imide groups is 1. The molecule has 0 bridgehead atoms. The van der Waals surface area contributed by atoms with Crippen molar-refractivity contribution < 1.29 is 23.9 Å². The van der Waals surface area contributed by atoms with Gasteiger partial charge in [0.15, 0.2) is 6.04 Å². The molecule has 1 aliphatic rings. The topological polar surface area (TPSA) is 92.8 Å². The Bertz CT molecular complexity index is 957. The number of esters is 1. The van der Waals surface area contributed by atoms with E-state index in [-0.39, 0.29) is 26.7 Å². The van der Waals surface area contributed by atoms with Gasteiger partial charge in [-0.05, 0) is 18.2 Å². The first-order valence-electron chi connectivity index (χ1n) is 8.11. The van der Waals surface area contributed by atoms with Gasteiger partial charge >= 0.3 is 5.97 Å². The maximum atomic E-state index is 12.5. The minimum absolute atomic E-state index is 0.0839. The maximum Gasteiger partial charge on any atom is 0.333 e. The van der Waals surface area contributed by atoms with E-state index in [1.54, 1.807) is 18.2 Å². The number of methoxy groups -OCH3 is 1. The number of carbonyl (C=O) groups is 4. The van der Waals surface area contributed by atoms with Crippen molar-refractivity contribution in [2.75, 3.05) is 13.7 Å². The van der Waals surface area contributed by atoms with Gasteiger partial charge in [0.05, 0.1) is 28.3 Å². The van der Waals surface area contributed by atoms with E-state index < -0.39 is 36.3 Å². The summed E-state index contributed by atoms with van der Waals surface area (Å²) < 4.78 is 4.72. The van der Waals surface area contributed by atoms with Gasteiger partial charge in [-0.2, -0.15) is 0 Å². The van der Waals surface area contributed by atoms with Crippen LogP contribution in [0.2, 0.25) is 10.0 Å². The van der Waals surface area contributed by atoms with Gasteiger partial charge in [-0.1, -0.05) is 47.5 Å². The van der Waals surface area contributed by atoms with Crippen molar-refractivity contribution in [2.24, 2.45) is 0 Å². The summed E-state index contributed by atoms with van der Waals surface area (Å²) in [4.78, 5) is 50.2. The molecule has 1 N–H and O–H groups in total. The van der Waals surface area contributed by atoms with Crippen LogP contribution >= 0.6 is 23.2 Å². The van der Waals surface area contributed by atoms with Crippen LogP contribution in [0.4, 0.5) is 0 Å². The normalized spacial score (nSPS) is 13.9.